The molecule has 2 rings (SSSR count). The third kappa shape index (κ3) is 5.26. The molecule has 1 aliphatic carbocycles. The Morgan fingerprint density at radius 2 is 2.10 bits per heavy atom. The zero-order chi connectivity index (χ0) is 14.6. The van der Waals surface area contributed by atoms with Crippen molar-refractivity contribution in [2.45, 2.75) is 37.8 Å². The molecule has 0 spiro atoms. The number of hydrogen-bond donors (Lipinski definition) is 2. The van der Waals surface area contributed by atoms with Gasteiger partial charge in [0.2, 0.25) is 10.0 Å². The maximum Gasteiger partial charge on any atom is 0.315 e. The van der Waals surface area contributed by atoms with Gasteiger partial charge in [-0.2, -0.15) is 4.31 Å². The standard InChI is InChI=1S/C12H23N3O4S/c1-20(17,18)15(9-11-3-2-8-19-11)7-6-13-12(16)14-10-4-5-10/h10-11H,2-9H2,1H3,(H2,13,14,16). The van der Waals surface area contributed by atoms with Crippen molar-refractivity contribution < 1.29 is 17.9 Å². The maximum absolute atomic E-state index is 11.7. The molecule has 20 heavy (non-hydrogen) atoms. The fraction of sp³-hybridized carbons (Fsp3) is 0.917. The van der Waals surface area contributed by atoms with Gasteiger partial charge >= 0.3 is 6.03 Å². The number of rotatable bonds is 7. The minimum Gasteiger partial charge on any atom is -0.377 e. The number of carbonyl (C=O) groups excluding carboxylic acids is 1. The number of amides is 2. The van der Waals surface area contributed by atoms with Crippen molar-refractivity contribution in [1.29, 1.82) is 0 Å². The van der Waals surface area contributed by atoms with Crippen LogP contribution < -0.4 is 10.6 Å². The molecule has 1 unspecified atom stereocenters. The first-order valence-electron chi connectivity index (χ1n) is 7.06. The number of nitrogens with zero attached hydrogens (tertiary/aromatic N) is 1. The van der Waals surface area contributed by atoms with E-state index in [-0.39, 0.29) is 18.7 Å². The van der Waals surface area contributed by atoms with Gasteiger partial charge in [0.15, 0.2) is 0 Å². The van der Waals surface area contributed by atoms with Gasteiger partial charge in [-0.15, -0.1) is 0 Å². The minimum atomic E-state index is -3.28. The summed E-state index contributed by atoms with van der Waals surface area (Å²) in [6, 6.07) is 0.0750. The molecule has 1 atom stereocenters. The molecule has 2 N–H and O–H groups in total. The fourth-order valence-corrected chi connectivity index (χ4v) is 3.03. The van der Waals surface area contributed by atoms with Crippen molar-refractivity contribution >= 4 is 16.1 Å². The third-order valence-corrected chi connectivity index (χ3v) is 4.73. The summed E-state index contributed by atoms with van der Waals surface area (Å²) in [5.74, 6) is 0. The molecule has 8 heteroatoms. The highest BCUT2D eigenvalue weighted by Gasteiger charge is 2.25. The lowest BCUT2D eigenvalue weighted by Crippen LogP contribution is -2.44. The average molecular weight is 305 g/mol. The van der Waals surface area contributed by atoms with Crippen LogP contribution in [0.2, 0.25) is 0 Å². The monoisotopic (exact) mass is 305 g/mol. The quantitative estimate of drug-likeness (QED) is 0.687. The third-order valence-electron chi connectivity index (χ3n) is 3.46. The Hall–Kier alpha value is -0.860. The molecule has 116 valence electrons. The molecule has 0 radical (unpaired) electrons. The normalized spacial score (nSPS) is 23.0. The lowest BCUT2D eigenvalue weighted by Gasteiger charge is -2.23. The van der Waals surface area contributed by atoms with Crippen LogP contribution in [0.4, 0.5) is 4.79 Å². The van der Waals surface area contributed by atoms with Gasteiger partial charge in [0.25, 0.3) is 0 Å². The summed E-state index contributed by atoms with van der Waals surface area (Å²) >= 11 is 0. The molecule has 2 fully saturated rings. The number of sulfonamides is 1. The van der Waals surface area contributed by atoms with E-state index in [0.29, 0.717) is 25.7 Å². The first-order chi connectivity index (χ1) is 9.45. The Balaban J connectivity index is 1.73. The summed E-state index contributed by atoms with van der Waals surface area (Å²) in [4.78, 5) is 11.5. The number of urea groups is 1. The highest BCUT2D eigenvalue weighted by atomic mass is 32.2. The van der Waals surface area contributed by atoms with Gasteiger partial charge < -0.3 is 15.4 Å². The van der Waals surface area contributed by atoms with Crippen molar-refractivity contribution in [3.63, 3.8) is 0 Å². The molecule has 0 aromatic carbocycles. The first kappa shape index (κ1) is 15.5. The molecule has 2 amide bonds. The molecule has 0 bridgehead atoms. The maximum atomic E-state index is 11.7. The second-order valence-electron chi connectivity index (χ2n) is 5.43. The van der Waals surface area contributed by atoms with Crippen LogP contribution in [-0.4, -0.2) is 63.4 Å². The topological polar surface area (TPSA) is 87.7 Å². The smallest absolute Gasteiger partial charge is 0.315 e. The van der Waals surface area contributed by atoms with Crippen molar-refractivity contribution in [1.82, 2.24) is 14.9 Å². The summed E-state index contributed by atoms with van der Waals surface area (Å²) in [7, 11) is -3.28. The molecular weight excluding hydrogens is 282 g/mol. The summed E-state index contributed by atoms with van der Waals surface area (Å²) < 4.78 is 30.3. The van der Waals surface area contributed by atoms with E-state index in [9.17, 15) is 13.2 Å². The highest BCUT2D eigenvalue weighted by Crippen LogP contribution is 2.18. The average Bonchev–Trinajstić information content (AvgIpc) is 3.01. The van der Waals surface area contributed by atoms with Gasteiger partial charge in [-0.05, 0) is 25.7 Å². The van der Waals surface area contributed by atoms with Gasteiger partial charge in [0.1, 0.15) is 0 Å². The Labute approximate surface area is 120 Å². The number of hydrogen-bond acceptors (Lipinski definition) is 4. The van der Waals surface area contributed by atoms with Gasteiger partial charge in [-0.25, -0.2) is 13.2 Å². The summed E-state index contributed by atoms with van der Waals surface area (Å²) in [6.45, 7) is 1.64. The van der Waals surface area contributed by atoms with Crippen LogP contribution in [0.1, 0.15) is 25.7 Å². The van der Waals surface area contributed by atoms with E-state index in [2.05, 4.69) is 10.6 Å². The predicted molar refractivity (Wildman–Crippen MR) is 74.9 cm³/mol. The minimum absolute atomic E-state index is 0.0231. The lowest BCUT2D eigenvalue weighted by molar-refractivity contribution is 0.0941. The first-order valence-corrected chi connectivity index (χ1v) is 8.91. The van der Waals surface area contributed by atoms with Crippen LogP contribution in [0.15, 0.2) is 0 Å². The molecule has 1 saturated heterocycles. The Kier molecular flexibility index (Phi) is 5.22. The van der Waals surface area contributed by atoms with E-state index < -0.39 is 10.0 Å². The largest absolute Gasteiger partial charge is 0.377 e. The van der Waals surface area contributed by atoms with Gasteiger partial charge in [0, 0.05) is 32.3 Å². The van der Waals surface area contributed by atoms with Crippen LogP contribution >= 0.6 is 0 Å². The highest BCUT2D eigenvalue weighted by molar-refractivity contribution is 7.88. The van der Waals surface area contributed by atoms with Crippen LogP contribution in [0.3, 0.4) is 0 Å². The van der Waals surface area contributed by atoms with Crippen molar-refractivity contribution in [2.75, 3.05) is 32.5 Å². The summed E-state index contributed by atoms with van der Waals surface area (Å²) in [6.07, 6.45) is 5.09. The molecular formula is C12H23N3O4S. The fourth-order valence-electron chi connectivity index (χ4n) is 2.17. The summed E-state index contributed by atoms with van der Waals surface area (Å²) in [5.41, 5.74) is 0. The molecule has 1 saturated carbocycles. The van der Waals surface area contributed by atoms with Crippen LogP contribution in [0, 0.1) is 0 Å². The van der Waals surface area contributed by atoms with E-state index in [1.165, 1.54) is 10.6 Å². The molecule has 0 aromatic heterocycles. The molecule has 1 heterocycles. The molecule has 2 aliphatic rings. The van der Waals surface area contributed by atoms with Crippen molar-refractivity contribution in [3.05, 3.63) is 0 Å². The second-order valence-corrected chi connectivity index (χ2v) is 7.41. The van der Waals surface area contributed by atoms with E-state index >= 15 is 0 Å². The number of nitrogens with one attached hydrogen (secondary N) is 2. The Morgan fingerprint density at radius 1 is 1.35 bits per heavy atom. The Morgan fingerprint density at radius 3 is 2.65 bits per heavy atom. The zero-order valence-corrected chi connectivity index (χ0v) is 12.6. The van der Waals surface area contributed by atoms with E-state index in [0.717, 1.165) is 25.7 Å². The number of ether oxygens (including phenoxy) is 1. The van der Waals surface area contributed by atoms with E-state index in [4.69, 9.17) is 4.74 Å². The molecule has 7 nitrogen and oxygen atoms in total. The van der Waals surface area contributed by atoms with Gasteiger partial charge in [-0.1, -0.05) is 0 Å². The van der Waals surface area contributed by atoms with E-state index in [1.54, 1.807) is 0 Å². The SMILES string of the molecule is CS(=O)(=O)N(CCNC(=O)NC1CC1)CC1CCCO1. The van der Waals surface area contributed by atoms with Gasteiger partial charge in [-0.3, -0.25) is 0 Å². The zero-order valence-electron chi connectivity index (χ0n) is 11.8. The van der Waals surface area contributed by atoms with Gasteiger partial charge in [0.05, 0.1) is 12.4 Å². The van der Waals surface area contributed by atoms with E-state index in [1.807, 2.05) is 0 Å². The van der Waals surface area contributed by atoms with Crippen LogP contribution in [-0.2, 0) is 14.8 Å². The molecule has 0 aromatic rings. The van der Waals surface area contributed by atoms with Crippen molar-refractivity contribution in [2.24, 2.45) is 0 Å². The number of carbonyl (C=O) groups is 1. The lowest BCUT2D eigenvalue weighted by atomic mass is 10.2. The molecule has 1 aliphatic heterocycles. The van der Waals surface area contributed by atoms with Crippen LogP contribution in [0.5, 0.6) is 0 Å². The Bertz CT molecular complexity index is 430. The van der Waals surface area contributed by atoms with Crippen LogP contribution in [0.25, 0.3) is 0 Å². The second kappa shape index (κ2) is 6.73. The predicted octanol–water partition coefficient (Wildman–Crippen LogP) is -0.111. The summed E-state index contributed by atoms with van der Waals surface area (Å²) in [5, 5.41) is 5.48. The van der Waals surface area contributed by atoms with Crippen molar-refractivity contribution in [3.8, 4) is 0 Å².